The van der Waals surface area contributed by atoms with Crippen LogP contribution >= 0.6 is 11.8 Å². The van der Waals surface area contributed by atoms with Crippen LogP contribution in [-0.2, 0) is 9.59 Å². The zero-order valence-electron chi connectivity index (χ0n) is 19.1. The van der Waals surface area contributed by atoms with E-state index in [4.69, 9.17) is 0 Å². The Balaban J connectivity index is 2.17. The van der Waals surface area contributed by atoms with Crippen molar-refractivity contribution >= 4 is 35.2 Å². The second-order valence-electron chi connectivity index (χ2n) is 7.69. The average molecular weight is 481 g/mol. The predicted octanol–water partition coefficient (Wildman–Crippen LogP) is 4.42. The molecule has 1 atom stereocenters. The fourth-order valence-electron chi connectivity index (χ4n) is 3.61. The lowest BCUT2D eigenvalue weighted by Crippen LogP contribution is -2.41. The summed E-state index contributed by atoms with van der Waals surface area (Å²) in [5.41, 5.74) is 3.34. The summed E-state index contributed by atoms with van der Waals surface area (Å²) in [6.07, 6.45) is 6.36. The van der Waals surface area contributed by atoms with Gasteiger partial charge < -0.3 is 20.7 Å². The van der Waals surface area contributed by atoms with E-state index in [-0.39, 0.29) is 11.5 Å². The number of nitrogens with one attached hydrogen (secondary N) is 3. The van der Waals surface area contributed by atoms with Gasteiger partial charge >= 0.3 is 5.97 Å². The van der Waals surface area contributed by atoms with Crippen LogP contribution in [0.15, 0.2) is 55.0 Å². The number of carbonyl (C=O) groups excluding carboxylic acids is 2. The number of anilines is 1. The third kappa shape index (κ3) is 6.05. The molecule has 0 spiro atoms. The molecule has 0 bridgehead atoms. The maximum atomic E-state index is 13.4. The number of rotatable bonds is 11. The molecule has 4 N–H and O–H groups in total. The number of nitrogens with zero attached hydrogens (tertiary/aromatic N) is 1. The first-order valence-corrected chi connectivity index (χ1v) is 12.4. The van der Waals surface area contributed by atoms with Gasteiger partial charge in [0.25, 0.3) is 5.91 Å². The number of aromatic nitrogens is 2. The lowest BCUT2D eigenvalue weighted by Gasteiger charge is -2.21. The number of thioether (sulfide) groups is 1. The number of aromatic amines is 1. The van der Waals surface area contributed by atoms with Gasteiger partial charge in [0.2, 0.25) is 5.91 Å². The second-order valence-corrected chi connectivity index (χ2v) is 8.67. The Morgan fingerprint density at radius 1 is 1.15 bits per heavy atom. The van der Waals surface area contributed by atoms with Gasteiger partial charge in [-0.2, -0.15) is 11.8 Å². The largest absolute Gasteiger partial charge is 0.480 e. The average Bonchev–Trinajstić information content (AvgIpc) is 3.36. The van der Waals surface area contributed by atoms with E-state index in [0.717, 1.165) is 5.56 Å². The number of aliphatic carboxylic acids is 1. The van der Waals surface area contributed by atoms with Gasteiger partial charge in [-0.15, -0.1) is 0 Å². The van der Waals surface area contributed by atoms with Crippen molar-refractivity contribution in [1.29, 1.82) is 0 Å². The molecular weight excluding hydrogens is 452 g/mol. The zero-order chi connectivity index (χ0) is 24.5. The summed E-state index contributed by atoms with van der Waals surface area (Å²) in [4.78, 5) is 44.9. The lowest BCUT2D eigenvalue weighted by atomic mass is 9.92. The van der Waals surface area contributed by atoms with Crippen molar-refractivity contribution in [2.45, 2.75) is 32.2 Å². The Morgan fingerprint density at radius 2 is 1.91 bits per heavy atom. The first kappa shape index (κ1) is 25.0. The van der Waals surface area contributed by atoms with Gasteiger partial charge in [-0.3, -0.25) is 9.59 Å². The second kappa shape index (κ2) is 12.0. The molecule has 1 unspecified atom stereocenters. The number of hydrogen-bond donors (Lipinski definition) is 4. The standard InChI is InChI=1S/C25H28N4O4S/c1-3-7-21(30)29-23-17(20-14-26-15-27-20)10-11-18(22(23)16-8-5-4-6-9-16)24(31)28-19(25(32)33)12-13-34-2/h4-6,8-11,14-15,19H,3,7,12-13H2,1-2H3,(H,26,27)(H,28,31)(H,29,30)(H,32,33). The van der Waals surface area contributed by atoms with Crippen LogP contribution in [0.5, 0.6) is 0 Å². The first-order valence-electron chi connectivity index (χ1n) is 11.0. The van der Waals surface area contributed by atoms with E-state index in [1.54, 1.807) is 24.7 Å². The molecular formula is C25H28N4O4S. The summed E-state index contributed by atoms with van der Waals surface area (Å²) < 4.78 is 0. The highest BCUT2D eigenvalue weighted by molar-refractivity contribution is 7.98. The third-order valence-electron chi connectivity index (χ3n) is 5.26. The molecule has 0 radical (unpaired) electrons. The van der Waals surface area contributed by atoms with Crippen molar-refractivity contribution < 1.29 is 19.5 Å². The van der Waals surface area contributed by atoms with E-state index in [1.807, 2.05) is 43.5 Å². The number of carboxylic acids is 1. The van der Waals surface area contributed by atoms with Crippen LogP contribution in [0.4, 0.5) is 5.69 Å². The molecule has 178 valence electrons. The highest BCUT2D eigenvalue weighted by Crippen LogP contribution is 2.39. The van der Waals surface area contributed by atoms with Crippen LogP contribution in [-0.4, -0.2) is 50.9 Å². The topological polar surface area (TPSA) is 124 Å². The first-order chi connectivity index (χ1) is 16.5. The maximum Gasteiger partial charge on any atom is 0.326 e. The zero-order valence-corrected chi connectivity index (χ0v) is 19.9. The van der Waals surface area contributed by atoms with Crippen molar-refractivity contribution in [1.82, 2.24) is 15.3 Å². The Bertz CT molecular complexity index is 1130. The summed E-state index contributed by atoms with van der Waals surface area (Å²) in [6, 6.07) is 11.6. The quantitative estimate of drug-likeness (QED) is 0.322. The smallest absolute Gasteiger partial charge is 0.326 e. The Hall–Kier alpha value is -3.59. The van der Waals surface area contributed by atoms with Crippen molar-refractivity contribution in [3.8, 4) is 22.4 Å². The predicted molar refractivity (Wildman–Crippen MR) is 135 cm³/mol. The van der Waals surface area contributed by atoms with Crippen LogP contribution in [0, 0.1) is 0 Å². The number of benzene rings is 2. The molecule has 9 heteroatoms. The summed E-state index contributed by atoms with van der Waals surface area (Å²) in [5, 5.41) is 15.2. The Kier molecular flexibility index (Phi) is 8.86. The lowest BCUT2D eigenvalue weighted by molar-refractivity contribution is -0.139. The number of hydrogen-bond acceptors (Lipinski definition) is 5. The Labute approximate surface area is 202 Å². The van der Waals surface area contributed by atoms with Crippen LogP contribution in [0.25, 0.3) is 22.4 Å². The highest BCUT2D eigenvalue weighted by atomic mass is 32.2. The molecule has 8 nitrogen and oxygen atoms in total. The van der Waals surface area contributed by atoms with Gasteiger partial charge in [0.15, 0.2) is 0 Å². The van der Waals surface area contributed by atoms with Gasteiger partial charge in [-0.25, -0.2) is 9.78 Å². The van der Waals surface area contributed by atoms with Crippen molar-refractivity contribution in [2.24, 2.45) is 0 Å². The Morgan fingerprint density at radius 3 is 2.53 bits per heavy atom. The van der Waals surface area contributed by atoms with Crippen molar-refractivity contribution in [3.05, 3.63) is 60.6 Å². The highest BCUT2D eigenvalue weighted by Gasteiger charge is 2.25. The molecule has 0 fully saturated rings. The normalized spacial score (nSPS) is 11.6. The number of amides is 2. The van der Waals surface area contributed by atoms with E-state index in [9.17, 15) is 19.5 Å². The fourth-order valence-corrected chi connectivity index (χ4v) is 4.08. The van der Waals surface area contributed by atoms with E-state index >= 15 is 0 Å². The molecule has 2 amide bonds. The molecule has 0 aliphatic carbocycles. The van der Waals surface area contributed by atoms with Gasteiger partial charge in [0.1, 0.15) is 6.04 Å². The van der Waals surface area contributed by atoms with Gasteiger partial charge in [-0.1, -0.05) is 37.3 Å². The summed E-state index contributed by atoms with van der Waals surface area (Å²) in [6.45, 7) is 1.91. The molecule has 0 saturated carbocycles. The minimum absolute atomic E-state index is 0.179. The van der Waals surface area contributed by atoms with E-state index < -0.39 is 17.9 Å². The number of imidazole rings is 1. The van der Waals surface area contributed by atoms with E-state index in [0.29, 0.717) is 47.5 Å². The SMILES string of the molecule is CCCC(=O)Nc1c(-c2cnc[nH]2)ccc(C(=O)NC(CCSC)C(=O)O)c1-c1ccccc1. The number of carboxylic acid groups (broad SMARTS) is 1. The fraction of sp³-hybridized carbons (Fsp3) is 0.280. The summed E-state index contributed by atoms with van der Waals surface area (Å²) in [5.74, 6) is -1.19. The van der Waals surface area contributed by atoms with Crippen LogP contribution in [0.1, 0.15) is 36.5 Å². The van der Waals surface area contributed by atoms with Gasteiger partial charge in [-0.05, 0) is 42.5 Å². The van der Waals surface area contributed by atoms with Crippen molar-refractivity contribution in [3.63, 3.8) is 0 Å². The molecule has 0 aliphatic heterocycles. The molecule has 0 saturated heterocycles. The maximum absolute atomic E-state index is 13.4. The summed E-state index contributed by atoms with van der Waals surface area (Å²) >= 11 is 1.51. The number of carbonyl (C=O) groups is 3. The molecule has 1 heterocycles. The molecule has 2 aromatic carbocycles. The summed E-state index contributed by atoms with van der Waals surface area (Å²) in [7, 11) is 0. The monoisotopic (exact) mass is 480 g/mol. The van der Waals surface area contributed by atoms with Crippen LogP contribution in [0.3, 0.4) is 0 Å². The number of H-pyrrole nitrogens is 1. The van der Waals surface area contributed by atoms with Crippen LogP contribution < -0.4 is 10.6 Å². The van der Waals surface area contributed by atoms with Gasteiger partial charge in [0, 0.05) is 23.1 Å². The van der Waals surface area contributed by atoms with E-state index in [2.05, 4.69) is 20.6 Å². The molecule has 34 heavy (non-hydrogen) atoms. The van der Waals surface area contributed by atoms with Crippen LogP contribution in [0.2, 0.25) is 0 Å². The molecule has 1 aromatic heterocycles. The molecule has 0 aliphatic rings. The van der Waals surface area contributed by atoms with Crippen molar-refractivity contribution in [2.75, 3.05) is 17.3 Å². The molecule has 3 rings (SSSR count). The third-order valence-corrected chi connectivity index (χ3v) is 5.90. The minimum atomic E-state index is -1.09. The van der Waals surface area contributed by atoms with E-state index in [1.165, 1.54) is 11.8 Å². The molecule has 3 aromatic rings. The van der Waals surface area contributed by atoms with Gasteiger partial charge in [0.05, 0.1) is 23.9 Å². The minimum Gasteiger partial charge on any atom is -0.480 e.